The van der Waals surface area contributed by atoms with Crippen LogP contribution in [0.25, 0.3) is 11.1 Å². The van der Waals surface area contributed by atoms with Crippen molar-refractivity contribution in [1.29, 1.82) is 0 Å². The number of nitrogens with one attached hydrogen (secondary N) is 1. The molecule has 1 aromatic heterocycles. The van der Waals surface area contributed by atoms with Crippen molar-refractivity contribution in [2.75, 3.05) is 26.7 Å². The number of nitrogens with zero attached hydrogens (tertiary/aromatic N) is 2. The zero-order chi connectivity index (χ0) is 16.6. The number of aromatic nitrogens is 1. The van der Waals surface area contributed by atoms with Crippen LogP contribution in [0.2, 0.25) is 0 Å². The number of oxazole rings is 1. The van der Waals surface area contributed by atoms with Gasteiger partial charge in [-0.2, -0.15) is 4.31 Å². The van der Waals surface area contributed by atoms with Gasteiger partial charge in [0, 0.05) is 26.2 Å². The van der Waals surface area contributed by atoms with E-state index in [0.717, 1.165) is 19.4 Å². The van der Waals surface area contributed by atoms with E-state index in [1.807, 2.05) is 7.05 Å². The molecule has 2 aromatic rings. The molecule has 3 rings (SSSR count). The van der Waals surface area contributed by atoms with Gasteiger partial charge in [-0.25, -0.2) is 13.2 Å². The fourth-order valence-electron chi connectivity index (χ4n) is 3.12. The third kappa shape index (κ3) is 2.93. The van der Waals surface area contributed by atoms with Crippen molar-refractivity contribution in [3.05, 3.63) is 28.7 Å². The highest BCUT2D eigenvalue weighted by molar-refractivity contribution is 7.89. The molecule has 126 valence electrons. The Hall–Kier alpha value is -1.64. The topological polar surface area (TPSA) is 84.6 Å². The molecule has 1 fully saturated rings. The minimum Gasteiger partial charge on any atom is -0.408 e. The molecule has 1 saturated heterocycles. The summed E-state index contributed by atoms with van der Waals surface area (Å²) in [7, 11) is -0.108. The molecule has 0 saturated carbocycles. The van der Waals surface area contributed by atoms with Crippen LogP contribution in [0.15, 0.2) is 32.3 Å². The molecule has 8 heteroatoms. The van der Waals surface area contributed by atoms with Crippen LogP contribution in [0.4, 0.5) is 0 Å². The Labute approximate surface area is 134 Å². The van der Waals surface area contributed by atoms with Gasteiger partial charge in [0.2, 0.25) is 10.0 Å². The average Bonchev–Trinajstić information content (AvgIpc) is 2.82. The molecule has 1 unspecified atom stereocenters. The van der Waals surface area contributed by atoms with E-state index in [1.165, 1.54) is 21.0 Å². The lowest BCUT2D eigenvalue weighted by Gasteiger charge is -2.31. The Balaban J connectivity index is 1.94. The highest BCUT2D eigenvalue weighted by atomic mass is 32.2. The molecule has 2 heterocycles. The van der Waals surface area contributed by atoms with Crippen LogP contribution in [0.1, 0.15) is 12.8 Å². The molecule has 1 N–H and O–H groups in total. The zero-order valence-electron chi connectivity index (χ0n) is 13.3. The zero-order valence-corrected chi connectivity index (χ0v) is 14.1. The van der Waals surface area contributed by atoms with E-state index in [2.05, 4.69) is 5.32 Å². The third-order valence-corrected chi connectivity index (χ3v) is 6.24. The number of benzene rings is 1. The number of hydrogen-bond donors (Lipinski definition) is 1. The largest absolute Gasteiger partial charge is 0.419 e. The number of aryl methyl sites for hydroxylation is 1. The van der Waals surface area contributed by atoms with E-state index in [1.54, 1.807) is 13.1 Å². The van der Waals surface area contributed by atoms with Gasteiger partial charge in [-0.1, -0.05) is 0 Å². The summed E-state index contributed by atoms with van der Waals surface area (Å²) in [6, 6.07) is 4.59. The lowest BCUT2D eigenvalue weighted by Crippen LogP contribution is -2.42. The number of sulfonamides is 1. The van der Waals surface area contributed by atoms with Crippen molar-refractivity contribution < 1.29 is 12.8 Å². The van der Waals surface area contributed by atoms with Crippen molar-refractivity contribution in [2.24, 2.45) is 13.0 Å². The molecular weight excluding hydrogens is 318 g/mol. The standard InChI is InChI=1S/C15H21N3O4S/c1-16-9-11-4-3-7-18(10-11)23(20,21)12-5-6-13-14(8-12)22-15(19)17(13)2/h5-6,8,11,16H,3-4,7,9-10H2,1-2H3. The molecule has 7 nitrogen and oxygen atoms in total. The summed E-state index contributed by atoms with van der Waals surface area (Å²) in [6.45, 7) is 1.85. The second-order valence-corrected chi connectivity index (χ2v) is 7.92. The van der Waals surface area contributed by atoms with Gasteiger partial charge < -0.3 is 9.73 Å². The van der Waals surface area contributed by atoms with E-state index in [-0.39, 0.29) is 4.90 Å². The maximum absolute atomic E-state index is 12.9. The highest BCUT2D eigenvalue weighted by Gasteiger charge is 2.30. The summed E-state index contributed by atoms with van der Waals surface area (Å²) >= 11 is 0. The molecule has 0 aliphatic carbocycles. The van der Waals surface area contributed by atoms with Crippen LogP contribution in [0, 0.1) is 5.92 Å². The van der Waals surface area contributed by atoms with Gasteiger partial charge in [0.25, 0.3) is 0 Å². The summed E-state index contributed by atoms with van der Waals surface area (Å²) in [5.74, 6) is -0.177. The SMILES string of the molecule is CNCC1CCCN(S(=O)(=O)c2ccc3c(c2)oc(=O)n3C)C1. The van der Waals surface area contributed by atoms with Crippen molar-refractivity contribution in [3.8, 4) is 0 Å². The van der Waals surface area contributed by atoms with Crippen LogP contribution in [0.5, 0.6) is 0 Å². The van der Waals surface area contributed by atoms with Crippen molar-refractivity contribution >= 4 is 21.1 Å². The minimum absolute atomic E-state index is 0.171. The Morgan fingerprint density at radius 1 is 1.39 bits per heavy atom. The molecule has 0 radical (unpaired) electrons. The van der Waals surface area contributed by atoms with E-state index in [0.29, 0.717) is 30.1 Å². The Kier molecular flexibility index (Phi) is 4.31. The molecule has 1 atom stereocenters. The second kappa shape index (κ2) is 6.10. The Bertz CT molecular complexity index is 866. The first-order chi connectivity index (χ1) is 10.9. The molecule has 0 bridgehead atoms. The average molecular weight is 339 g/mol. The maximum atomic E-state index is 12.9. The van der Waals surface area contributed by atoms with Gasteiger partial charge in [0.05, 0.1) is 10.4 Å². The first-order valence-electron chi connectivity index (χ1n) is 7.68. The smallest absolute Gasteiger partial charge is 0.408 e. The number of piperidine rings is 1. The van der Waals surface area contributed by atoms with Crippen LogP contribution in [-0.4, -0.2) is 44.0 Å². The summed E-state index contributed by atoms with van der Waals surface area (Å²) in [4.78, 5) is 11.7. The lowest BCUT2D eigenvalue weighted by atomic mass is 10.00. The van der Waals surface area contributed by atoms with Crippen molar-refractivity contribution in [2.45, 2.75) is 17.7 Å². The molecule has 0 spiro atoms. The number of fused-ring (bicyclic) bond motifs is 1. The van der Waals surface area contributed by atoms with Gasteiger partial charge in [0.15, 0.2) is 5.58 Å². The summed E-state index contributed by atoms with van der Waals surface area (Å²) in [5.41, 5.74) is 0.878. The van der Waals surface area contributed by atoms with Crippen LogP contribution >= 0.6 is 0 Å². The van der Waals surface area contributed by atoms with Gasteiger partial charge in [-0.3, -0.25) is 4.57 Å². The highest BCUT2D eigenvalue weighted by Crippen LogP contribution is 2.25. The van der Waals surface area contributed by atoms with Crippen molar-refractivity contribution in [3.63, 3.8) is 0 Å². The predicted molar refractivity (Wildman–Crippen MR) is 86.9 cm³/mol. The van der Waals surface area contributed by atoms with Gasteiger partial charge in [-0.15, -0.1) is 0 Å². The lowest BCUT2D eigenvalue weighted by molar-refractivity contribution is 0.263. The summed E-state index contributed by atoms with van der Waals surface area (Å²) < 4.78 is 33.7. The fraction of sp³-hybridized carbons (Fsp3) is 0.533. The molecule has 1 aliphatic heterocycles. The van der Waals surface area contributed by atoms with Gasteiger partial charge in [-0.05, 0) is 44.5 Å². The van der Waals surface area contributed by atoms with E-state index < -0.39 is 15.8 Å². The maximum Gasteiger partial charge on any atom is 0.419 e. The Morgan fingerprint density at radius 3 is 2.91 bits per heavy atom. The summed E-state index contributed by atoms with van der Waals surface area (Å²) in [5, 5.41) is 3.11. The van der Waals surface area contributed by atoms with E-state index in [4.69, 9.17) is 4.42 Å². The van der Waals surface area contributed by atoms with E-state index >= 15 is 0 Å². The molecule has 0 amide bonds. The monoisotopic (exact) mass is 339 g/mol. The predicted octanol–water partition coefficient (Wildman–Crippen LogP) is 0.752. The fourth-order valence-corrected chi connectivity index (χ4v) is 4.69. The Morgan fingerprint density at radius 2 is 2.17 bits per heavy atom. The summed E-state index contributed by atoms with van der Waals surface area (Å²) in [6.07, 6.45) is 1.88. The van der Waals surface area contributed by atoms with Gasteiger partial charge in [0.1, 0.15) is 0 Å². The molecule has 23 heavy (non-hydrogen) atoms. The third-order valence-electron chi connectivity index (χ3n) is 4.38. The van der Waals surface area contributed by atoms with E-state index in [9.17, 15) is 13.2 Å². The van der Waals surface area contributed by atoms with Crippen LogP contribution in [0.3, 0.4) is 0 Å². The quantitative estimate of drug-likeness (QED) is 0.889. The first kappa shape index (κ1) is 16.2. The number of hydrogen-bond acceptors (Lipinski definition) is 5. The molecular formula is C15H21N3O4S. The molecule has 1 aromatic carbocycles. The molecule has 1 aliphatic rings. The van der Waals surface area contributed by atoms with Crippen LogP contribution in [-0.2, 0) is 17.1 Å². The van der Waals surface area contributed by atoms with Gasteiger partial charge >= 0.3 is 5.76 Å². The number of rotatable bonds is 4. The minimum atomic E-state index is -3.57. The normalized spacial score (nSPS) is 20.2. The first-order valence-corrected chi connectivity index (χ1v) is 9.12. The van der Waals surface area contributed by atoms with Crippen LogP contribution < -0.4 is 11.1 Å². The van der Waals surface area contributed by atoms with Crippen molar-refractivity contribution in [1.82, 2.24) is 14.2 Å². The second-order valence-electron chi connectivity index (χ2n) is 5.99.